The standard InChI is InChI=1S/C22H24F3N7O/c1-12-7-16(8-26-19(12)22(23,24)25)11-32-10-15(9-27-32)5-6-17-28-13(2)18-20(29-17)31(4)14(3)21(33)30-18/h7-10,14H,5-6,11H2,1-4H3,(H,30,33)/t14-/m0/s1. The van der Waals surface area contributed by atoms with Crippen LogP contribution in [-0.4, -0.2) is 43.7 Å². The fourth-order valence-corrected chi connectivity index (χ4v) is 3.80. The average Bonchev–Trinajstić information content (AvgIpc) is 3.18. The van der Waals surface area contributed by atoms with Crippen molar-refractivity contribution < 1.29 is 18.0 Å². The predicted octanol–water partition coefficient (Wildman–Crippen LogP) is 3.31. The van der Waals surface area contributed by atoms with Crippen LogP contribution in [0.15, 0.2) is 24.7 Å². The Morgan fingerprint density at radius 2 is 1.88 bits per heavy atom. The topological polar surface area (TPSA) is 88.8 Å². The Labute approximate surface area is 188 Å². The highest BCUT2D eigenvalue weighted by Gasteiger charge is 2.34. The number of hydrogen-bond donors (Lipinski definition) is 1. The van der Waals surface area contributed by atoms with Gasteiger partial charge in [0, 0.05) is 25.9 Å². The van der Waals surface area contributed by atoms with E-state index in [1.807, 2.05) is 32.0 Å². The second-order valence-corrected chi connectivity index (χ2v) is 8.25. The van der Waals surface area contributed by atoms with Crippen LogP contribution in [0.25, 0.3) is 0 Å². The van der Waals surface area contributed by atoms with Crippen LogP contribution in [0.2, 0.25) is 0 Å². The summed E-state index contributed by atoms with van der Waals surface area (Å²) in [5, 5.41) is 7.18. The maximum atomic E-state index is 12.9. The number of hydrogen-bond acceptors (Lipinski definition) is 6. The summed E-state index contributed by atoms with van der Waals surface area (Å²) in [6.45, 7) is 5.38. The molecule has 1 aliphatic heterocycles. The molecule has 0 radical (unpaired) electrons. The summed E-state index contributed by atoms with van der Waals surface area (Å²) in [6, 6.07) is 1.16. The van der Waals surface area contributed by atoms with E-state index in [0.717, 1.165) is 5.56 Å². The molecule has 3 aromatic heterocycles. The van der Waals surface area contributed by atoms with Crippen molar-refractivity contribution in [1.29, 1.82) is 0 Å². The van der Waals surface area contributed by atoms with Crippen LogP contribution in [0.3, 0.4) is 0 Å². The molecular formula is C22H24F3N7O. The van der Waals surface area contributed by atoms with Crippen molar-refractivity contribution in [3.05, 3.63) is 58.6 Å². The zero-order valence-corrected chi connectivity index (χ0v) is 18.7. The first kappa shape index (κ1) is 22.7. The number of carbonyl (C=O) groups excluding carboxylic acids is 1. The van der Waals surface area contributed by atoms with E-state index in [2.05, 4.69) is 25.4 Å². The number of anilines is 2. The molecule has 0 saturated heterocycles. The summed E-state index contributed by atoms with van der Waals surface area (Å²) in [5.41, 5.74) is 2.17. The third-order valence-corrected chi connectivity index (χ3v) is 5.73. The predicted molar refractivity (Wildman–Crippen MR) is 116 cm³/mol. The first-order valence-electron chi connectivity index (χ1n) is 10.5. The molecule has 33 heavy (non-hydrogen) atoms. The lowest BCUT2D eigenvalue weighted by molar-refractivity contribution is -0.141. The SMILES string of the molecule is Cc1cc(Cn2cc(CCc3nc(C)c4c(n3)N(C)[C@@H](C)C(=O)N4)cn2)cnc1C(F)(F)F. The Bertz CT molecular complexity index is 1210. The minimum absolute atomic E-state index is 0.0859. The van der Waals surface area contributed by atoms with Crippen LogP contribution in [0.5, 0.6) is 0 Å². The summed E-state index contributed by atoms with van der Waals surface area (Å²) < 4.78 is 40.4. The van der Waals surface area contributed by atoms with Crippen LogP contribution in [0.1, 0.15) is 40.8 Å². The molecule has 0 aliphatic carbocycles. The fraction of sp³-hybridized carbons (Fsp3) is 0.409. The van der Waals surface area contributed by atoms with Crippen molar-refractivity contribution >= 4 is 17.4 Å². The molecule has 174 valence electrons. The molecule has 1 amide bonds. The summed E-state index contributed by atoms with van der Waals surface area (Å²) in [5.74, 6) is 1.28. The number of halogens is 3. The number of rotatable bonds is 5. The number of likely N-dealkylation sites (N-methyl/N-ethyl adjacent to an activating group) is 1. The van der Waals surface area contributed by atoms with Crippen LogP contribution >= 0.6 is 0 Å². The highest BCUT2D eigenvalue weighted by Crippen LogP contribution is 2.31. The highest BCUT2D eigenvalue weighted by molar-refractivity contribution is 6.02. The molecule has 0 bridgehead atoms. The summed E-state index contributed by atoms with van der Waals surface area (Å²) >= 11 is 0. The molecule has 4 heterocycles. The first-order valence-corrected chi connectivity index (χ1v) is 10.5. The minimum Gasteiger partial charge on any atom is -0.346 e. The Hall–Kier alpha value is -3.50. The Morgan fingerprint density at radius 3 is 2.58 bits per heavy atom. The van der Waals surface area contributed by atoms with E-state index in [1.54, 1.807) is 10.9 Å². The van der Waals surface area contributed by atoms with Gasteiger partial charge in [0.1, 0.15) is 23.2 Å². The minimum atomic E-state index is -4.46. The van der Waals surface area contributed by atoms with E-state index in [4.69, 9.17) is 0 Å². The van der Waals surface area contributed by atoms with Crippen molar-refractivity contribution in [2.45, 2.75) is 52.4 Å². The van der Waals surface area contributed by atoms with Gasteiger partial charge in [-0.3, -0.25) is 14.5 Å². The second-order valence-electron chi connectivity index (χ2n) is 8.25. The molecule has 8 nitrogen and oxygen atoms in total. The molecule has 11 heteroatoms. The number of alkyl halides is 3. The molecule has 0 aromatic carbocycles. The largest absolute Gasteiger partial charge is 0.433 e. The lowest BCUT2D eigenvalue weighted by Crippen LogP contribution is -2.45. The van der Waals surface area contributed by atoms with Crippen molar-refractivity contribution in [3.63, 3.8) is 0 Å². The van der Waals surface area contributed by atoms with Crippen molar-refractivity contribution in [3.8, 4) is 0 Å². The monoisotopic (exact) mass is 459 g/mol. The quantitative estimate of drug-likeness (QED) is 0.630. The number of nitrogens with zero attached hydrogens (tertiary/aromatic N) is 6. The maximum Gasteiger partial charge on any atom is 0.433 e. The lowest BCUT2D eigenvalue weighted by atomic mass is 10.1. The zero-order chi connectivity index (χ0) is 23.9. The molecule has 0 fully saturated rings. The van der Waals surface area contributed by atoms with Gasteiger partial charge in [0.2, 0.25) is 5.91 Å². The first-order chi connectivity index (χ1) is 15.5. The molecule has 0 spiro atoms. The molecule has 0 saturated carbocycles. The fourth-order valence-electron chi connectivity index (χ4n) is 3.80. The van der Waals surface area contributed by atoms with Gasteiger partial charge in [-0.1, -0.05) is 6.07 Å². The second kappa shape index (κ2) is 8.45. The maximum absolute atomic E-state index is 12.9. The zero-order valence-electron chi connectivity index (χ0n) is 18.7. The van der Waals surface area contributed by atoms with E-state index in [1.165, 1.54) is 19.2 Å². The summed E-state index contributed by atoms with van der Waals surface area (Å²) in [7, 11) is 1.83. The van der Waals surface area contributed by atoms with Crippen molar-refractivity contribution in [1.82, 2.24) is 24.7 Å². The molecule has 1 aliphatic rings. The number of carbonyl (C=O) groups is 1. The number of aryl methyl sites for hydroxylation is 4. The van der Waals surface area contributed by atoms with Gasteiger partial charge >= 0.3 is 6.18 Å². The summed E-state index contributed by atoms with van der Waals surface area (Å²) in [4.78, 5) is 26.6. The highest BCUT2D eigenvalue weighted by atomic mass is 19.4. The number of aromatic nitrogens is 5. The van der Waals surface area contributed by atoms with E-state index < -0.39 is 11.9 Å². The summed E-state index contributed by atoms with van der Waals surface area (Å²) in [6.07, 6.45) is 1.58. The van der Waals surface area contributed by atoms with E-state index >= 15 is 0 Å². The van der Waals surface area contributed by atoms with Gasteiger partial charge in [0.05, 0.1) is 18.4 Å². The van der Waals surface area contributed by atoms with Crippen molar-refractivity contribution in [2.24, 2.45) is 0 Å². The third-order valence-electron chi connectivity index (χ3n) is 5.73. The molecule has 3 aromatic rings. The molecule has 1 N–H and O–H groups in total. The Balaban J connectivity index is 1.43. The van der Waals surface area contributed by atoms with E-state index in [0.29, 0.717) is 48.0 Å². The van der Waals surface area contributed by atoms with E-state index in [9.17, 15) is 18.0 Å². The van der Waals surface area contributed by atoms with Gasteiger partial charge < -0.3 is 10.2 Å². The molecular weight excluding hydrogens is 435 g/mol. The Morgan fingerprint density at radius 1 is 1.12 bits per heavy atom. The average molecular weight is 459 g/mol. The van der Waals surface area contributed by atoms with Crippen molar-refractivity contribution in [2.75, 3.05) is 17.3 Å². The smallest absolute Gasteiger partial charge is 0.346 e. The van der Waals surface area contributed by atoms with Gasteiger partial charge in [-0.2, -0.15) is 18.3 Å². The molecule has 0 unspecified atom stereocenters. The van der Waals surface area contributed by atoms with Crippen LogP contribution in [0, 0.1) is 13.8 Å². The number of pyridine rings is 1. The Kier molecular flexibility index (Phi) is 5.81. The van der Waals surface area contributed by atoms with Crippen LogP contribution in [0.4, 0.5) is 24.7 Å². The van der Waals surface area contributed by atoms with Gasteiger partial charge in [-0.05, 0) is 43.9 Å². The normalized spacial score (nSPS) is 16.0. The third kappa shape index (κ3) is 4.67. The van der Waals surface area contributed by atoms with Gasteiger partial charge in [-0.25, -0.2) is 9.97 Å². The molecule has 1 atom stereocenters. The van der Waals surface area contributed by atoms with Gasteiger partial charge in [0.25, 0.3) is 0 Å². The van der Waals surface area contributed by atoms with Crippen LogP contribution in [-0.2, 0) is 30.4 Å². The number of fused-ring (bicyclic) bond motifs is 1. The number of amides is 1. The lowest BCUT2D eigenvalue weighted by Gasteiger charge is -2.32. The van der Waals surface area contributed by atoms with E-state index in [-0.39, 0.29) is 17.5 Å². The molecule has 4 rings (SSSR count). The van der Waals surface area contributed by atoms with Crippen LogP contribution < -0.4 is 10.2 Å². The van der Waals surface area contributed by atoms with Gasteiger partial charge in [0.15, 0.2) is 5.82 Å². The number of nitrogens with one attached hydrogen (secondary N) is 1. The van der Waals surface area contributed by atoms with Gasteiger partial charge in [-0.15, -0.1) is 0 Å².